The Balaban J connectivity index is 1.69. The highest BCUT2D eigenvalue weighted by atomic mass is 35.5. The molecule has 0 N–H and O–H groups in total. The Hall–Kier alpha value is -2.65. The summed E-state index contributed by atoms with van der Waals surface area (Å²) in [6, 6.07) is 16.8. The van der Waals surface area contributed by atoms with E-state index in [0.717, 1.165) is 28.6 Å². The molecular formula is C27H33Cl2N5O2Si. The Kier molecular flexibility index (Phi) is 8.74. The first kappa shape index (κ1) is 27.4. The average Bonchev–Trinajstić information content (AvgIpc) is 3.18. The number of benzene rings is 2. The van der Waals surface area contributed by atoms with Gasteiger partial charge in [0.25, 0.3) is 0 Å². The second-order valence-corrected chi connectivity index (χ2v) is 16.7. The number of methoxy groups -OCH3 is 1. The highest BCUT2D eigenvalue weighted by Gasteiger charge is 2.21. The van der Waals surface area contributed by atoms with Crippen LogP contribution in [0.5, 0.6) is 5.75 Å². The maximum absolute atomic E-state index is 6.45. The lowest BCUT2D eigenvalue weighted by Crippen LogP contribution is -2.22. The molecule has 0 unspecified atom stereocenters. The third-order valence-corrected chi connectivity index (χ3v) is 8.16. The van der Waals surface area contributed by atoms with E-state index in [1.165, 1.54) is 0 Å². The van der Waals surface area contributed by atoms with Crippen LogP contribution in [0.1, 0.15) is 16.8 Å². The molecule has 0 fully saturated rings. The average molecular weight is 559 g/mol. The molecule has 0 aliphatic heterocycles. The fourth-order valence-electron chi connectivity index (χ4n) is 4.01. The quantitative estimate of drug-likeness (QED) is 0.116. The van der Waals surface area contributed by atoms with Gasteiger partial charge in [0.05, 0.1) is 12.8 Å². The third-order valence-electron chi connectivity index (χ3n) is 6.05. The van der Waals surface area contributed by atoms with Crippen molar-refractivity contribution < 1.29 is 9.47 Å². The molecule has 2 aromatic carbocycles. The SMILES string of the molecule is COc1ccc(CN(C)c2nc(Cl)nc3c(Cc4cccc(Cl)c4)n(COCC[Si](C)(C)C)nc23)cc1. The Morgan fingerprint density at radius 2 is 1.73 bits per heavy atom. The summed E-state index contributed by atoms with van der Waals surface area (Å²) in [6.07, 6.45) is 0.587. The van der Waals surface area contributed by atoms with Crippen molar-refractivity contribution in [2.24, 2.45) is 0 Å². The maximum Gasteiger partial charge on any atom is 0.225 e. The van der Waals surface area contributed by atoms with E-state index in [-0.39, 0.29) is 5.28 Å². The number of nitrogens with zero attached hydrogens (tertiary/aromatic N) is 5. The molecule has 196 valence electrons. The van der Waals surface area contributed by atoms with Crippen molar-refractivity contribution in [3.63, 3.8) is 0 Å². The van der Waals surface area contributed by atoms with Crippen LogP contribution in [0.2, 0.25) is 36.0 Å². The van der Waals surface area contributed by atoms with Gasteiger partial charge in [-0.3, -0.25) is 0 Å². The van der Waals surface area contributed by atoms with Crippen molar-refractivity contribution in [3.8, 4) is 5.75 Å². The number of hydrogen-bond acceptors (Lipinski definition) is 6. The summed E-state index contributed by atoms with van der Waals surface area (Å²) in [6.45, 7) is 8.66. The highest BCUT2D eigenvalue weighted by molar-refractivity contribution is 6.76. The van der Waals surface area contributed by atoms with Gasteiger partial charge in [-0.25, -0.2) is 9.67 Å². The fourth-order valence-corrected chi connectivity index (χ4v) is 5.14. The molecule has 4 aromatic rings. The van der Waals surface area contributed by atoms with E-state index in [0.29, 0.717) is 48.2 Å². The summed E-state index contributed by atoms with van der Waals surface area (Å²) in [5, 5.41) is 5.78. The van der Waals surface area contributed by atoms with Gasteiger partial charge in [0.15, 0.2) is 11.3 Å². The van der Waals surface area contributed by atoms with Crippen LogP contribution in [-0.4, -0.2) is 48.6 Å². The summed E-state index contributed by atoms with van der Waals surface area (Å²) < 4.78 is 13.2. The largest absolute Gasteiger partial charge is 0.497 e. The molecule has 2 aromatic heterocycles. The Morgan fingerprint density at radius 1 is 0.973 bits per heavy atom. The molecule has 37 heavy (non-hydrogen) atoms. The van der Waals surface area contributed by atoms with E-state index in [9.17, 15) is 0 Å². The molecule has 0 aliphatic rings. The van der Waals surface area contributed by atoms with Crippen molar-refractivity contribution in [2.75, 3.05) is 25.7 Å². The molecule has 0 saturated carbocycles. The summed E-state index contributed by atoms with van der Waals surface area (Å²) in [5.74, 6) is 1.48. The van der Waals surface area contributed by atoms with Crippen LogP contribution >= 0.6 is 23.2 Å². The molecule has 10 heteroatoms. The van der Waals surface area contributed by atoms with E-state index in [4.69, 9.17) is 37.8 Å². The van der Waals surface area contributed by atoms with Crippen LogP contribution in [0.25, 0.3) is 11.0 Å². The molecule has 4 rings (SSSR count). The molecule has 0 atom stereocenters. The number of anilines is 1. The number of rotatable bonds is 11. The van der Waals surface area contributed by atoms with Gasteiger partial charge in [0, 0.05) is 39.7 Å². The van der Waals surface area contributed by atoms with Crippen LogP contribution in [0.4, 0.5) is 5.82 Å². The first-order chi connectivity index (χ1) is 17.6. The predicted octanol–water partition coefficient (Wildman–Crippen LogP) is 6.68. The van der Waals surface area contributed by atoms with E-state index in [2.05, 4.69) is 29.6 Å². The number of fused-ring (bicyclic) bond motifs is 1. The molecule has 0 aliphatic carbocycles. The molecule has 0 amide bonds. The molecule has 0 spiro atoms. The first-order valence-corrected chi connectivity index (χ1v) is 16.7. The lowest BCUT2D eigenvalue weighted by Gasteiger charge is -2.18. The number of aromatic nitrogens is 4. The monoisotopic (exact) mass is 557 g/mol. The van der Waals surface area contributed by atoms with Crippen molar-refractivity contribution in [1.29, 1.82) is 0 Å². The zero-order valence-electron chi connectivity index (χ0n) is 22.0. The Bertz CT molecular complexity index is 1360. The minimum absolute atomic E-state index is 0.177. The van der Waals surface area contributed by atoms with Crippen molar-refractivity contribution in [1.82, 2.24) is 19.7 Å². The Labute approximate surface area is 229 Å². The standard InChI is InChI=1S/C27H33Cl2N5O2Si/c1-33(17-19-9-11-22(35-2)12-10-19)26-25-24(30-27(29)31-26)23(16-20-7-6-8-21(28)15-20)34(32-25)18-36-13-14-37(3,4)5/h6-12,15H,13-14,16-18H2,1-5H3. The van der Waals surface area contributed by atoms with E-state index in [1.54, 1.807) is 7.11 Å². The van der Waals surface area contributed by atoms with Gasteiger partial charge >= 0.3 is 0 Å². The lowest BCUT2D eigenvalue weighted by molar-refractivity contribution is 0.0772. The summed E-state index contributed by atoms with van der Waals surface area (Å²) >= 11 is 12.7. The highest BCUT2D eigenvalue weighted by Crippen LogP contribution is 2.29. The van der Waals surface area contributed by atoms with Gasteiger partial charge in [0.2, 0.25) is 5.28 Å². The van der Waals surface area contributed by atoms with E-state index < -0.39 is 8.07 Å². The van der Waals surface area contributed by atoms with Gasteiger partial charge in [-0.1, -0.05) is 55.5 Å². The topological polar surface area (TPSA) is 65.3 Å². The third kappa shape index (κ3) is 7.22. The van der Waals surface area contributed by atoms with Crippen LogP contribution < -0.4 is 9.64 Å². The second-order valence-electron chi connectivity index (χ2n) is 10.3. The van der Waals surface area contributed by atoms with Crippen LogP contribution in [0.3, 0.4) is 0 Å². The molecule has 0 bridgehead atoms. The summed E-state index contributed by atoms with van der Waals surface area (Å²) in [7, 11) is 2.43. The van der Waals surface area contributed by atoms with Crippen LogP contribution in [0.15, 0.2) is 48.5 Å². The Morgan fingerprint density at radius 3 is 2.41 bits per heavy atom. The van der Waals surface area contributed by atoms with Crippen molar-refractivity contribution in [2.45, 2.75) is 45.4 Å². The van der Waals surface area contributed by atoms with Crippen LogP contribution in [0, 0.1) is 0 Å². The summed E-state index contributed by atoms with van der Waals surface area (Å²) in [5.41, 5.74) is 4.48. The minimum atomic E-state index is -1.21. The summed E-state index contributed by atoms with van der Waals surface area (Å²) in [4.78, 5) is 11.2. The fraction of sp³-hybridized carbons (Fsp3) is 0.370. The lowest BCUT2D eigenvalue weighted by atomic mass is 10.1. The number of halogens is 2. The normalized spacial score (nSPS) is 11.8. The predicted molar refractivity (Wildman–Crippen MR) is 154 cm³/mol. The molecule has 0 saturated heterocycles. The maximum atomic E-state index is 6.45. The molecule has 2 heterocycles. The van der Waals surface area contributed by atoms with Gasteiger partial charge in [0.1, 0.15) is 18.0 Å². The molecular weight excluding hydrogens is 525 g/mol. The first-order valence-electron chi connectivity index (χ1n) is 12.2. The van der Waals surface area contributed by atoms with Gasteiger partial charge in [-0.2, -0.15) is 10.1 Å². The number of ether oxygens (including phenoxy) is 2. The van der Waals surface area contributed by atoms with Gasteiger partial charge in [-0.15, -0.1) is 0 Å². The smallest absolute Gasteiger partial charge is 0.225 e. The van der Waals surface area contributed by atoms with Crippen molar-refractivity contribution >= 4 is 48.1 Å². The second kappa shape index (κ2) is 11.8. The van der Waals surface area contributed by atoms with Crippen molar-refractivity contribution in [3.05, 3.63) is 75.7 Å². The minimum Gasteiger partial charge on any atom is -0.497 e. The zero-order chi connectivity index (χ0) is 26.6. The van der Waals surface area contributed by atoms with Crippen LogP contribution in [-0.2, 0) is 24.4 Å². The van der Waals surface area contributed by atoms with Gasteiger partial charge in [-0.05, 0) is 53.0 Å². The zero-order valence-corrected chi connectivity index (χ0v) is 24.5. The van der Waals surface area contributed by atoms with E-state index >= 15 is 0 Å². The molecule has 0 radical (unpaired) electrons. The van der Waals surface area contributed by atoms with E-state index in [1.807, 2.05) is 65.2 Å². The van der Waals surface area contributed by atoms with Gasteiger partial charge < -0.3 is 14.4 Å². The molecule has 7 nitrogen and oxygen atoms in total. The number of hydrogen-bond donors (Lipinski definition) is 0.